The third kappa shape index (κ3) is 3.67. The Morgan fingerprint density at radius 1 is 1.26 bits per heavy atom. The summed E-state index contributed by atoms with van der Waals surface area (Å²) in [6.07, 6.45) is 0.883. The Morgan fingerprint density at radius 3 is 2.53 bits per heavy atom. The van der Waals surface area contributed by atoms with E-state index in [1.165, 1.54) is 0 Å². The third-order valence-electron chi connectivity index (χ3n) is 3.23. The summed E-state index contributed by atoms with van der Waals surface area (Å²) < 4.78 is 16.4. The molecule has 0 amide bonds. The quantitative estimate of drug-likeness (QED) is 0.901. The van der Waals surface area contributed by atoms with Crippen LogP contribution < -0.4 is 14.8 Å². The Kier molecular flexibility index (Phi) is 4.42. The van der Waals surface area contributed by atoms with Crippen LogP contribution in [-0.2, 0) is 4.74 Å². The Balaban J connectivity index is 2.00. The number of nitrogens with one attached hydrogen (secondary N) is 1. The molecule has 106 valence electrons. The molecule has 1 N–H and O–H groups in total. The Labute approximate surface area is 119 Å². The lowest BCUT2D eigenvalue weighted by molar-refractivity contribution is 0.0185. The average Bonchev–Trinajstić information content (AvgIpc) is 2.39. The first-order valence-corrected chi connectivity index (χ1v) is 6.78. The van der Waals surface area contributed by atoms with Crippen molar-refractivity contribution >= 4 is 17.3 Å². The maximum absolute atomic E-state index is 6.22. The Morgan fingerprint density at radius 2 is 1.89 bits per heavy atom. The van der Waals surface area contributed by atoms with Crippen LogP contribution in [0.25, 0.3) is 0 Å². The van der Waals surface area contributed by atoms with Crippen LogP contribution >= 0.6 is 11.6 Å². The van der Waals surface area contributed by atoms with Gasteiger partial charge in [-0.3, -0.25) is 0 Å². The molecular weight excluding hydrogens is 266 g/mol. The molecule has 0 bridgehead atoms. The van der Waals surface area contributed by atoms with Gasteiger partial charge in [0.25, 0.3) is 0 Å². The number of anilines is 1. The largest absolute Gasteiger partial charge is 0.486 e. The molecule has 0 saturated carbocycles. The van der Waals surface area contributed by atoms with Gasteiger partial charge in [-0.25, -0.2) is 0 Å². The molecule has 0 spiro atoms. The summed E-state index contributed by atoms with van der Waals surface area (Å²) in [5.41, 5.74) is 0.714. The summed E-state index contributed by atoms with van der Waals surface area (Å²) in [4.78, 5) is 0. The van der Waals surface area contributed by atoms with Crippen molar-refractivity contribution in [3.63, 3.8) is 0 Å². The van der Waals surface area contributed by atoms with E-state index in [9.17, 15) is 0 Å². The highest BCUT2D eigenvalue weighted by Crippen LogP contribution is 2.37. The standard InChI is InChI=1S/C14H20ClNO3/c1-14(2,17-3)4-5-16-11-9-13-12(8-10(11)15)18-6-7-19-13/h8-9,16H,4-7H2,1-3H3. The van der Waals surface area contributed by atoms with E-state index in [0.29, 0.717) is 24.0 Å². The Bertz CT molecular complexity index is 449. The van der Waals surface area contributed by atoms with E-state index >= 15 is 0 Å². The van der Waals surface area contributed by atoms with Crippen LogP contribution in [0.4, 0.5) is 5.69 Å². The van der Waals surface area contributed by atoms with Crippen molar-refractivity contribution in [2.75, 3.05) is 32.2 Å². The molecule has 0 aliphatic carbocycles. The molecule has 0 unspecified atom stereocenters. The normalized spacial score (nSPS) is 14.3. The van der Waals surface area contributed by atoms with Gasteiger partial charge in [-0.15, -0.1) is 0 Å². The topological polar surface area (TPSA) is 39.7 Å². The maximum Gasteiger partial charge on any atom is 0.163 e. The molecule has 4 nitrogen and oxygen atoms in total. The van der Waals surface area contributed by atoms with Crippen LogP contribution in [0.15, 0.2) is 12.1 Å². The summed E-state index contributed by atoms with van der Waals surface area (Å²) in [6, 6.07) is 3.68. The number of benzene rings is 1. The van der Waals surface area contributed by atoms with Crippen molar-refractivity contribution in [1.82, 2.24) is 0 Å². The van der Waals surface area contributed by atoms with Gasteiger partial charge in [0, 0.05) is 25.8 Å². The second kappa shape index (κ2) is 5.88. The molecule has 1 aliphatic heterocycles. The summed E-state index contributed by atoms with van der Waals surface area (Å²) in [7, 11) is 1.72. The molecule has 0 saturated heterocycles. The van der Waals surface area contributed by atoms with Gasteiger partial charge in [-0.1, -0.05) is 11.6 Å². The van der Waals surface area contributed by atoms with E-state index < -0.39 is 0 Å². The zero-order chi connectivity index (χ0) is 13.9. The van der Waals surface area contributed by atoms with E-state index in [1.807, 2.05) is 6.07 Å². The molecule has 1 aliphatic rings. The molecule has 1 aromatic carbocycles. The molecule has 0 radical (unpaired) electrons. The lowest BCUT2D eigenvalue weighted by Crippen LogP contribution is -2.25. The first-order chi connectivity index (χ1) is 9.02. The van der Waals surface area contributed by atoms with E-state index in [0.717, 1.165) is 24.4 Å². The van der Waals surface area contributed by atoms with Crippen molar-refractivity contribution in [3.05, 3.63) is 17.2 Å². The van der Waals surface area contributed by atoms with Gasteiger partial charge >= 0.3 is 0 Å². The smallest absolute Gasteiger partial charge is 0.163 e. The molecule has 19 heavy (non-hydrogen) atoms. The fourth-order valence-electron chi connectivity index (χ4n) is 1.80. The van der Waals surface area contributed by atoms with E-state index in [1.54, 1.807) is 13.2 Å². The number of halogens is 1. The van der Waals surface area contributed by atoms with Crippen LogP contribution in [0.3, 0.4) is 0 Å². The molecule has 1 heterocycles. The molecule has 1 aromatic rings. The number of fused-ring (bicyclic) bond motifs is 1. The molecule has 5 heteroatoms. The van der Waals surface area contributed by atoms with Crippen molar-refractivity contribution in [2.45, 2.75) is 25.9 Å². The summed E-state index contributed by atoms with van der Waals surface area (Å²) >= 11 is 6.22. The van der Waals surface area contributed by atoms with Crippen LogP contribution in [0.2, 0.25) is 5.02 Å². The predicted octanol–water partition coefficient (Wildman–Crippen LogP) is 3.34. The number of hydrogen-bond donors (Lipinski definition) is 1. The lowest BCUT2D eigenvalue weighted by atomic mass is 10.1. The van der Waals surface area contributed by atoms with Crippen LogP contribution in [-0.4, -0.2) is 32.5 Å². The molecular formula is C14H20ClNO3. The number of hydrogen-bond acceptors (Lipinski definition) is 4. The fourth-order valence-corrected chi connectivity index (χ4v) is 2.02. The van der Waals surface area contributed by atoms with Gasteiger partial charge in [0.05, 0.1) is 16.3 Å². The molecule has 2 rings (SSSR count). The minimum Gasteiger partial charge on any atom is -0.486 e. The van der Waals surface area contributed by atoms with E-state index in [4.69, 9.17) is 25.8 Å². The van der Waals surface area contributed by atoms with Gasteiger partial charge in [0.15, 0.2) is 11.5 Å². The minimum absolute atomic E-state index is 0.146. The van der Waals surface area contributed by atoms with E-state index in [2.05, 4.69) is 19.2 Å². The zero-order valence-electron chi connectivity index (χ0n) is 11.6. The Hall–Kier alpha value is -1.13. The second-order valence-corrected chi connectivity index (χ2v) is 5.52. The fraction of sp³-hybridized carbons (Fsp3) is 0.571. The van der Waals surface area contributed by atoms with Gasteiger partial charge in [0.2, 0.25) is 0 Å². The number of methoxy groups -OCH3 is 1. The second-order valence-electron chi connectivity index (χ2n) is 5.12. The lowest BCUT2D eigenvalue weighted by Gasteiger charge is -2.24. The van der Waals surface area contributed by atoms with Crippen LogP contribution in [0, 0.1) is 0 Å². The summed E-state index contributed by atoms with van der Waals surface area (Å²) in [5, 5.41) is 3.94. The highest BCUT2D eigenvalue weighted by atomic mass is 35.5. The van der Waals surface area contributed by atoms with Gasteiger partial charge < -0.3 is 19.5 Å². The monoisotopic (exact) mass is 285 g/mol. The molecule has 0 fully saturated rings. The highest BCUT2D eigenvalue weighted by Gasteiger charge is 2.17. The highest BCUT2D eigenvalue weighted by molar-refractivity contribution is 6.33. The molecule has 0 atom stereocenters. The zero-order valence-corrected chi connectivity index (χ0v) is 12.3. The van der Waals surface area contributed by atoms with Gasteiger partial charge in [0.1, 0.15) is 13.2 Å². The average molecular weight is 286 g/mol. The predicted molar refractivity (Wildman–Crippen MR) is 76.6 cm³/mol. The van der Waals surface area contributed by atoms with Crippen molar-refractivity contribution < 1.29 is 14.2 Å². The SMILES string of the molecule is COC(C)(C)CCNc1cc2c(cc1Cl)OCCO2. The maximum atomic E-state index is 6.22. The molecule has 0 aromatic heterocycles. The first kappa shape index (κ1) is 14.3. The third-order valence-corrected chi connectivity index (χ3v) is 3.54. The van der Waals surface area contributed by atoms with Crippen molar-refractivity contribution in [1.29, 1.82) is 0 Å². The van der Waals surface area contributed by atoms with Crippen LogP contribution in [0.1, 0.15) is 20.3 Å². The van der Waals surface area contributed by atoms with Gasteiger partial charge in [-0.2, -0.15) is 0 Å². The van der Waals surface area contributed by atoms with E-state index in [-0.39, 0.29) is 5.60 Å². The van der Waals surface area contributed by atoms with Crippen molar-refractivity contribution in [3.8, 4) is 11.5 Å². The summed E-state index contributed by atoms with van der Waals surface area (Å²) in [5.74, 6) is 1.45. The first-order valence-electron chi connectivity index (χ1n) is 6.40. The number of rotatable bonds is 5. The minimum atomic E-state index is -0.146. The summed E-state index contributed by atoms with van der Waals surface area (Å²) in [6.45, 7) is 6.03. The van der Waals surface area contributed by atoms with Crippen LogP contribution in [0.5, 0.6) is 11.5 Å². The van der Waals surface area contributed by atoms with Gasteiger partial charge in [-0.05, 0) is 20.3 Å². The van der Waals surface area contributed by atoms with Crippen molar-refractivity contribution in [2.24, 2.45) is 0 Å². The number of ether oxygens (including phenoxy) is 3.